The Labute approximate surface area is 105 Å². The average Bonchev–Trinajstić information content (AvgIpc) is 2.32. The Kier molecular flexibility index (Phi) is 7.34. The zero-order chi connectivity index (χ0) is 13.5. The number of carbonyl (C=O) groups is 1. The van der Waals surface area contributed by atoms with Crippen molar-refractivity contribution in [1.82, 2.24) is 0 Å². The molecule has 0 saturated heterocycles. The third-order valence-corrected chi connectivity index (χ3v) is 6.73. The van der Waals surface area contributed by atoms with Gasteiger partial charge in [-0.3, -0.25) is 0 Å². The molecule has 17 heavy (non-hydrogen) atoms. The summed E-state index contributed by atoms with van der Waals surface area (Å²) < 4.78 is 10.6. The summed E-state index contributed by atoms with van der Waals surface area (Å²) in [4.78, 5) is 11.1. The Bertz CT molecular complexity index is 261. The summed E-state index contributed by atoms with van der Waals surface area (Å²) in [5.74, 6) is -0.477. The molecular formula is C12H24O4Si. The van der Waals surface area contributed by atoms with Crippen LogP contribution in [0.1, 0.15) is 20.8 Å². The summed E-state index contributed by atoms with van der Waals surface area (Å²) in [6.45, 7) is 11.6. The molecule has 0 fully saturated rings. The van der Waals surface area contributed by atoms with Crippen molar-refractivity contribution in [3.8, 4) is 0 Å². The van der Waals surface area contributed by atoms with Crippen LogP contribution in [0, 0.1) is 0 Å². The third-order valence-electron chi connectivity index (χ3n) is 2.88. The minimum Gasteiger partial charge on any atom is -0.460 e. The second-order valence-corrected chi connectivity index (χ2v) is 9.10. The van der Waals surface area contributed by atoms with Crippen molar-refractivity contribution in [3.05, 3.63) is 12.2 Å². The highest BCUT2D eigenvalue weighted by atomic mass is 28.4. The SMILES string of the molecule is C=C(C)C(=O)OCC(O)CO[Si](C)(CC)CC. The van der Waals surface area contributed by atoms with Crippen molar-refractivity contribution in [2.45, 2.75) is 45.5 Å². The number of hydrogen-bond donors (Lipinski definition) is 1. The third kappa shape index (κ3) is 6.60. The van der Waals surface area contributed by atoms with E-state index in [1.807, 2.05) is 0 Å². The molecule has 0 aliphatic heterocycles. The number of hydrogen-bond acceptors (Lipinski definition) is 4. The first kappa shape index (κ1) is 16.3. The summed E-state index contributed by atoms with van der Waals surface area (Å²) in [7, 11) is -1.66. The quantitative estimate of drug-likeness (QED) is 0.412. The number of aliphatic hydroxyl groups excluding tert-OH is 1. The van der Waals surface area contributed by atoms with Gasteiger partial charge in [-0.1, -0.05) is 20.4 Å². The molecule has 0 heterocycles. The first-order valence-corrected chi connectivity index (χ1v) is 8.81. The summed E-state index contributed by atoms with van der Waals surface area (Å²) in [5.41, 5.74) is 0.333. The monoisotopic (exact) mass is 260 g/mol. The normalized spacial score (nSPS) is 13.2. The van der Waals surface area contributed by atoms with Crippen LogP contribution in [0.5, 0.6) is 0 Å². The maximum atomic E-state index is 11.1. The molecule has 0 saturated carbocycles. The lowest BCUT2D eigenvalue weighted by molar-refractivity contribution is -0.142. The van der Waals surface area contributed by atoms with Gasteiger partial charge in [-0.15, -0.1) is 0 Å². The van der Waals surface area contributed by atoms with Crippen molar-refractivity contribution in [1.29, 1.82) is 0 Å². The van der Waals surface area contributed by atoms with E-state index < -0.39 is 20.4 Å². The number of rotatable bonds is 8. The van der Waals surface area contributed by atoms with Crippen molar-refractivity contribution < 1.29 is 19.1 Å². The van der Waals surface area contributed by atoms with E-state index in [9.17, 15) is 9.90 Å². The van der Waals surface area contributed by atoms with E-state index in [1.165, 1.54) is 0 Å². The van der Waals surface area contributed by atoms with Gasteiger partial charge in [0.25, 0.3) is 0 Å². The fraction of sp³-hybridized carbons (Fsp3) is 0.750. The lowest BCUT2D eigenvalue weighted by Crippen LogP contribution is -2.37. The van der Waals surface area contributed by atoms with Crippen molar-refractivity contribution in [3.63, 3.8) is 0 Å². The van der Waals surface area contributed by atoms with Gasteiger partial charge < -0.3 is 14.3 Å². The van der Waals surface area contributed by atoms with Gasteiger partial charge in [-0.05, 0) is 25.6 Å². The summed E-state index contributed by atoms with van der Waals surface area (Å²) in [5, 5.41) is 9.62. The van der Waals surface area contributed by atoms with Crippen LogP contribution in [-0.2, 0) is 14.0 Å². The van der Waals surface area contributed by atoms with E-state index in [4.69, 9.17) is 9.16 Å². The summed E-state index contributed by atoms with van der Waals surface area (Å²) >= 11 is 0. The molecule has 0 radical (unpaired) electrons. The Morgan fingerprint density at radius 3 is 2.29 bits per heavy atom. The first-order valence-electron chi connectivity index (χ1n) is 5.99. The Morgan fingerprint density at radius 1 is 1.35 bits per heavy atom. The first-order chi connectivity index (χ1) is 7.84. The predicted octanol–water partition coefficient (Wildman–Crippen LogP) is 2.10. The minimum atomic E-state index is -1.66. The molecule has 0 spiro atoms. The predicted molar refractivity (Wildman–Crippen MR) is 70.3 cm³/mol. The van der Waals surface area contributed by atoms with Crippen LogP contribution < -0.4 is 0 Å². The zero-order valence-corrected chi connectivity index (χ0v) is 12.3. The van der Waals surface area contributed by atoms with Crippen LogP contribution >= 0.6 is 0 Å². The lowest BCUT2D eigenvalue weighted by atomic mass is 10.3. The molecule has 0 aliphatic carbocycles. The van der Waals surface area contributed by atoms with Crippen molar-refractivity contribution in [2.24, 2.45) is 0 Å². The molecule has 1 N–H and O–H groups in total. The van der Waals surface area contributed by atoms with E-state index >= 15 is 0 Å². The van der Waals surface area contributed by atoms with Gasteiger partial charge in [0.05, 0.1) is 6.61 Å². The Balaban J connectivity index is 3.91. The molecule has 0 amide bonds. The minimum absolute atomic E-state index is 0.0381. The highest BCUT2D eigenvalue weighted by molar-refractivity contribution is 6.72. The standard InChI is InChI=1S/C12H24O4Si/c1-6-17(5,7-2)16-9-11(13)8-15-12(14)10(3)4/h11,13H,3,6-9H2,1-2,4-5H3. The van der Waals surface area contributed by atoms with Gasteiger partial charge in [0.2, 0.25) is 0 Å². The molecule has 0 aromatic rings. The molecule has 0 bridgehead atoms. The zero-order valence-electron chi connectivity index (χ0n) is 11.3. The highest BCUT2D eigenvalue weighted by Crippen LogP contribution is 2.16. The van der Waals surface area contributed by atoms with Crippen LogP contribution in [0.4, 0.5) is 0 Å². The molecule has 100 valence electrons. The molecule has 4 nitrogen and oxygen atoms in total. The van der Waals surface area contributed by atoms with Crippen LogP contribution in [0.3, 0.4) is 0 Å². The Morgan fingerprint density at radius 2 is 1.88 bits per heavy atom. The molecule has 1 unspecified atom stereocenters. The topological polar surface area (TPSA) is 55.8 Å². The van der Waals surface area contributed by atoms with Gasteiger partial charge in [0.15, 0.2) is 8.32 Å². The van der Waals surface area contributed by atoms with Crippen LogP contribution in [0.25, 0.3) is 0 Å². The summed E-state index contributed by atoms with van der Waals surface area (Å²) in [6, 6.07) is 2.03. The van der Waals surface area contributed by atoms with Crippen LogP contribution in [-0.4, -0.2) is 38.7 Å². The maximum Gasteiger partial charge on any atom is 0.333 e. The van der Waals surface area contributed by atoms with Gasteiger partial charge in [-0.25, -0.2) is 4.79 Å². The van der Waals surface area contributed by atoms with Gasteiger partial charge in [0, 0.05) is 5.57 Å². The van der Waals surface area contributed by atoms with Gasteiger partial charge >= 0.3 is 5.97 Å². The smallest absolute Gasteiger partial charge is 0.333 e. The number of esters is 1. The van der Waals surface area contributed by atoms with E-state index in [0.717, 1.165) is 12.1 Å². The molecule has 0 aromatic carbocycles. The van der Waals surface area contributed by atoms with Crippen LogP contribution in [0.2, 0.25) is 18.6 Å². The van der Waals surface area contributed by atoms with Crippen molar-refractivity contribution in [2.75, 3.05) is 13.2 Å². The Hall–Kier alpha value is -0.653. The fourth-order valence-corrected chi connectivity index (χ4v) is 2.60. The molecule has 0 rings (SSSR count). The fourth-order valence-electron chi connectivity index (χ4n) is 1.09. The maximum absolute atomic E-state index is 11.1. The molecule has 5 heteroatoms. The largest absolute Gasteiger partial charge is 0.460 e. The van der Waals surface area contributed by atoms with E-state index in [1.54, 1.807) is 6.92 Å². The van der Waals surface area contributed by atoms with Crippen molar-refractivity contribution >= 4 is 14.3 Å². The van der Waals surface area contributed by atoms with Crippen LogP contribution in [0.15, 0.2) is 12.2 Å². The second-order valence-electron chi connectivity index (χ2n) is 4.50. The van der Waals surface area contributed by atoms with E-state index in [2.05, 4.69) is 27.0 Å². The second kappa shape index (κ2) is 7.63. The van der Waals surface area contributed by atoms with E-state index in [0.29, 0.717) is 5.57 Å². The highest BCUT2D eigenvalue weighted by Gasteiger charge is 2.25. The average molecular weight is 260 g/mol. The number of carbonyl (C=O) groups excluding carboxylic acids is 1. The number of aliphatic hydroxyl groups is 1. The number of ether oxygens (including phenoxy) is 1. The molecule has 1 atom stereocenters. The molecule has 0 aromatic heterocycles. The lowest BCUT2D eigenvalue weighted by Gasteiger charge is -2.26. The molecule has 0 aliphatic rings. The van der Waals surface area contributed by atoms with E-state index in [-0.39, 0.29) is 13.2 Å². The summed E-state index contributed by atoms with van der Waals surface area (Å²) in [6.07, 6.45) is -0.761. The van der Waals surface area contributed by atoms with Gasteiger partial charge in [0.1, 0.15) is 12.7 Å². The molecular weight excluding hydrogens is 236 g/mol. The van der Waals surface area contributed by atoms with Gasteiger partial charge in [-0.2, -0.15) is 0 Å².